The number of ether oxygens (including phenoxy) is 1. The molecule has 0 unspecified atom stereocenters. The number of benzene rings is 2. The monoisotopic (exact) mass is 290 g/mol. The molecule has 5 nitrogen and oxygen atoms in total. The van der Waals surface area contributed by atoms with E-state index in [1.54, 1.807) is 0 Å². The summed E-state index contributed by atoms with van der Waals surface area (Å²) in [4.78, 5) is 22.3. The minimum absolute atomic E-state index is 0.0869. The first-order valence-electron chi connectivity index (χ1n) is 5.88. The van der Waals surface area contributed by atoms with Crippen LogP contribution in [-0.2, 0) is 0 Å². The van der Waals surface area contributed by atoms with Gasteiger partial charge in [0.2, 0.25) is 0 Å². The van der Waals surface area contributed by atoms with Gasteiger partial charge in [0.25, 0.3) is 0 Å². The van der Waals surface area contributed by atoms with Gasteiger partial charge in [-0.2, -0.15) is 0 Å². The van der Waals surface area contributed by atoms with Gasteiger partial charge < -0.3 is 14.9 Å². The van der Waals surface area contributed by atoms with Crippen molar-refractivity contribution in [3.63, 3.8) is 0 Å². The Hall–Kier alpha value is -2.89. The maximum Gasteiger partial charge on any atom is 0.336 e. The van der Waals surface area contributed by atoms with Crippen molar-refractivity contribution in [1.82, 2.24) is 0 Å². The molecule has 0 heterocycles. The summed E-state index contributed by atoms with van der Waals surface area (Å²) in [7, 11) is 1.38. The van der Waals surface area contributed by atoms with Crippen molar-refractivity contribution < 1.29 is 28.9 Å². The first kappa shape index (κ1) is 14.5. The van der Waals surface area contributed by atoms with E-state index in [4.69, 9.17) is 9.84 Å². The molecule has 0 bridgehead atoms. The lowest BCUT2D eigenvalue weighted by Crippen LogP contribution is -2.03. The van der Waals surface area contributed by atoms with Crippen molar-refractivity contribution in [3.05, 3.63) is 53.3 Å². The van der Waals surface area contributed by atoms with E-state index in [1.807, 2.05) is 0 Å². The van der Waals surface area contributed by atoms with Crippen molar-refractivity contribution in [2.75, 3.05) is 7.11 Å². The van der Waals surface area contributed by atoms with E-state index < -0.39 is 17.8 Å². The van der Waals surface area contributed by atoms with Crippen LogP contribution in [0, 0.1) is 5.82 Å². The highest BCUT2D eigenvalue weighted by Gasteiger charge is 2.17. The van der Waals surface area contributed by atoms with Crippen LogP contribution in [0.2, 0.25) is 0 Å². The molecule has 0 spiro atoms. The molecule has 21 heavy (non-hydrogen) atoms. The fraction of sp³-hybridized carbons (Fsp3) is 0.0667. The highest BCUT2D eigenvalue weighted by Crippen LogP contribution is 2.30. The summed E-state index contributed by atoms with van der Waals surface area (Å²) in [6.07, 6.45) is 0. The average Bonchev–Trinajstić information content (AvgIpc) is 2.46. The summed E-state index contributed by atoms with van der Waals surface area (Å²) in [6, 6.07) is 7.33. The van der Waals surface area contributed by atoms with Crippen molar-refractivity contribution in [1.29, 1.82) is 0 Å². The second kappa shape index (κ2) is 5.62. The fourth-order valence-corrected chi connectivity index (χ4v) is 1.93. The molecule has 2 aromatic carbocycles. The normalized spacial score (nSPS) is 10.2. The fourth-order valence-electron chi connectivity index (χ4n) is 1.93. The van der Waals surface area contributed by atoms with Gasteiger partial charge >= 0.3 is 11.9 Å². The zero-order valence-electron chi connectivity index (χ0n) is 11.0. The number of methoxy groups -OCH3 is 1. The van der Waals surface area contributed by atoms with Crippen LogP contribution >= 0.6 is 0 Å². The van der Waals surface area contributed by atoms with Crippen LogP contribution in [0.25, 0.3) is 11.1 Å². The van der Waals surface area contributed by atoms with Crippen molar-refractivity contribution in [2.45, 2.75) is 0 Å². The number of carbonyl (C=O) groups is 2. The van der Waals surface area contributed by atoms with Gasteiger partial charge in [0.1, 0.15) is 11.6 Å². The van der Waals surface area contributed by atoms with Crippen LogP contribution in [0.5, 0.6) is 5.75 Å². The van der Waals surface area contributed by atoms with Crippen LogP contribution in [0.3, 0.4) is 0 Å². The van der Waals surface area contributed by atoms with E-state index in [1.165, 1.54) is 25.3 Å². The first-order chi connectivity index (χ1) is 9.93. The molecule has 2 aromatic rings. The Morgan fingerprint density at radius 1 is 1.00 bits per heavy atom. The number of hydrogen-bond acceptors (Lipinski definition) is 3. The maximum atomic E-state index is 13.9. The van der Waals surface area contributed by atoms with Gasteiger partial charge in [0.15, 0.2) is 0 Å². The van der Waals surface area contributed by atoms with Gasteiger partial charge in [-0.3, -0.25) is 0 Å². The third-order valence-electron chi connectivity index (χ3n) is 2.96. The van der Waals surface area contributed by atoms with Gasteiger partial charge in [-0.15, -0.1) is 0 Å². The number of carboxylic acid groups (broad SMARTS) is 2. The molecule has 108 valence electrons. The Morgan fingerprint density at radius 3 is 2.29 bits per heavy atom. The van der Waals surface area contributed by atoms with E-state index >= 15 is 0 Å². The summed E-state index contributed by atoms with van der Waals surface area (Å²) >= 11 is 0. The maximum absolute atomic E-state index is 13.9. The number of rotatable bonds is 4. The van der Waals surface area contributed by atoms with Gasteiger partial charge in [0.05, 0.1) is 18.2 Å². The van der Waals surface area contributed by atoms with Crippen LogP contribution < -0.4 is 4.74 Å². The molecule has 0 atom stereocenters. The molecule has 6 heteroatoms. The van der Waals surface area contributed by atoms with Gasteiger partial charge in [-0.05, 0) is 42.0 Å². The van der Waals surface area contributed by atoms with E-state index in [0.29, 0.717) is 5.75 Å². The molecule has 0 amide bonds. The van der Waals surface area contributed by atoms with E-state index in [2.05, 4.69) is 0 Å². The molecule has 0 aliphatic carbocycles. The number of halogens is 1. The molecule has 0 aromatic heterocycles. The lowest BCUT2D eigenvalue weighted by molar-refractivity contribution is 0.0687. The van der Waals surface area contributed by atoms with E-state index in [9.17, 15) is 19.1 Å². The zero-order chi connectivity index (χ0) is 15.6. The van der Waals surface area contributed by atoms with Crippen LogP contribution in [0.1, 0.15) is 20.7 Å². The predicted molar refractivity (Wildman–Crippen MR) is 72.3 cm³/mol. The van der Waals surface area contributed by atoms with Crippen LogP contribution in [-0.4, -0.2) is 29.3 Å². The molecular formula is C15H11FO5. The van der Waals surface area contributed by atoms with Gasteiger partial charge in [-0.1, -0.05) is 0 Å². The van der Waals surface area contributed by atoms with Crippen molar-refractivity contribution >= 4 is 11.9 Å². The zero-order valence-corrected chi connectivity index (χ0v) is 11.0. The second-order valence-corrected chi connectivity index (χ2v) is 4.22. The smallest absolute Gasteiger partial charge is 0.336 e. The van der Waals surface area contributed by atoms with E-state index in [0.717, 1.165) is 18.2 Å². The molecule has 0 aliphatic heterocycles. The second-order valence-electron chi connectivity index (χ2n) is 4.22. The lowest BCUT2D eigenvalue weighted by Gasteiger charge is -2.10. The lowest BCUT2D eigenvalue weighted by atomic mass is 9.97. The molecule has 2 N–H and O–H groups in total. The summed E-state index contributed by atoms with van der Waals surface area (Å²) < 4.78 is 18.9. The van der Waals surface area contributed by atoms with Gasteiger partial charge in [0, 0.05) is 5.56 Å². The number of hydrogen-bond donors (Lipinski definition) is 2. The van der Waals surface area contributed by atoms with Gasteiger partial charge in [-0.25, -0.2) is 14.0 Å². The Kier molecular flexibility index (Phi) is 3.89. The molecular weight excluding hydrogens is 279 g/mol. The highest BCUT2D eigenvalue weighted by molar-refractivity contribution is 5.97. The SMILES string of the molecule is COc1ccc(-c2cc(C(=O)O)ccc2F)c(C(=O)O)c1. The third kappa shape index (κ3) is 2.84. The molecule has 0 saturated carbocycles. The molecule has 0 saturated heterocycles. The molecule has 0 fully saturated rings. The topological polar surface area (TPSA) is 83.8 Å². The van der Waals surface area contributed by atoms with Crippen molar-refractivity contribution in [3.8, 4) is 16.9 Å². The quantitative estimate of drug-likeness (QED) is 0.904. The molecule has 2 rings (SSSR count). The summed E-state index contributed by atoms with van der Waals surface area (Å²) in [5, 5.41) is 18.2. The standard InChI is InChI=1S/C15H11FO5/c1-21-9-3-4-10(12(7-9)15(19)20)11-6-8(14(17)18)2-5-13(11)16/h2-7H,1H3,(H,17,18)(H,19,20). The molecule has 0 radical (unpaired) electrons. The minimum Gasteiger partial charge on any atom is -0.497 e. The largest absolute Gasteiger partial charge is 0.497 e. The minimum atomic E-state index is -1.26. The Morgan fingerprint density at radius 2 is 1.71 bits per heavy atom. The number of aromatic carboxylic acids is 2. The van der Waals surface area contributed by atoms with E-state index in [-0.39, 0.29) is 22.3 Å². The first-order valence-corrected chi connectivity index (χ1v) is 5.88. The highest BCUT2D eigenvalue weighted by atomic mass is 19.1. The number of carboxylic acids is 2. The predicted octanol–water partition coefficient (Wildman–Crippen LogP) is 2.90. The van der Waals surface area contributed by atoms with Crippen molar-refractivity contribution in [2.24, 2.45) is 0 Å². The summed E-state index contributed by atoms with van der Waals surface area (Å²) in [5.41, 5.74) is -0.298. The summed E-state index contributed by atoms with van der Waals surface area (Å²) in [5.74, 6) is -2.87. The average molecular weight is 290 g/mol. The Bertz CT molecular complexity index is 724. The Labute approximate surface area is 119 Å². The van der Waals surface area contributed by atoms with Crippen LogP contribution in [0.15, 0.2) is 36.4 Å². The molecule has 0 aliphatic rings. The Balaban J connectivity index is 2.68. The summed E-state index contributed by atoms with van der Waals surface area (Å²) in [6.45, 7) is 0. The van der Waals surface area contributed by atoms with Crippen LogP contribution in [0.4, 0.5) is 4.39 Å². The third-order valence-corrected chi connectivity index (χ3v) is 2.96.